The molecule has 0 saturated heterocycles. The van der Waals surface area contributed by atoms with E-state index in [-0.39, 0.29) is 29.8 Å². The summed E-state index contributed by atoms with van der Waals surface area (Å²) in [4.78, 5) is 11.0. The first-order chi connectivity index (χ1) is 8.95. The third-order valence-electron chi connectivity index (χ3n) is 3.62. The number of aromatic hydroxyl groups is 1. The fourth-order valence-corrected chi connectivity index (χ4v) is 2.61. The van der Waals surface area contributed by atoms with Gasteiger partial charge < -0.3 is 14.9 Å². The number of halogens is 1. The fraction of sp³-hybridized carbons (Fsp3) is 0.500. The van der Waals surface area contributed by atoms with Crippen molar-refractivity contribution in [2.75, 3.05) is 7.11 Å². The fourth-order valence-electron chi connectivity index (χ4n) is 2.61. The zero-order valence-electron chi connectivity index (χ0n) is 10.9. The van der Waals surface area contributed by atoms with Gasteiger partial charge in [0.2, 0.25) is 0 Å². The van der Waals surface area contributed by atoms with Gasteiger partial charge in [0.25, 0.3) is 0 Å². The summed E-state index contributed by atoms with van der Waals surface area (Å²) in [6.45, 7) is 1.68. The zero-order valence-corrected chi connectivity index (χ0v) is 10.9. The zero-order chi connectivity index (χ0) is 14.2. The molecule has 1 aromatic rings. The summed E-state index contributed by atoms with van der Waals surface area (Å²) in [5.74, 6) is -2.07. The Morgan fingerprint density at radius 2 is 2.21 bits per heavy atom. The predicted octanol–water partition coefficient (Wildman–Crippen LogP) is 2.82. The van der Waals surface area contributed by atoms with Crippen molar-refractivity contribution in [1.29, 1.82) is 0 Å². The highest BCUT2D eigenvalue weighted by Gasteiger charge is 2.37. The minimum Gasteiger partial charge on any atom is -0.504 e. The molecule has 0 heterocycles. The van der Waals surface area contributed by atoms with Crippen molar-refractivity contribution in [3.8, 4) is 11.5 Å². The van der Waals surface area contributed by atoms with Crippen molar-refractivity contribution < 1.29 is 24.1 Å². The maximum absolute atomic E-state index is 13.6. The molecule has 0 radical (unpaired) electrons. The molecule has 1 aliphatic rings. The molecule has 0 bridgehead atoms. The van der Waals surface area contributed by atoms with E-state index in [4.69, 9.17) is 9.84 Å². The van der Waals surface area contributed by atoms with Gasteiger partial charge in [-0.15, -0.1) is 0 Å². The third kappa shape index (κ3) is 2.64. The molecule has 1 fully saturated rings. The van der Waals surface area contributed by atoms with E-state index in [2.05, 4.69) is 0 Å². The summed E-state index contributed by atoms with van der Waals surface area (Å²) in [6.07, 6.45) is 1.82. The Morgan fingerprint density at radius 3 is 2.68 bits per heavy atom. The number of aliphatic carboxylic acids is 1. The second-order valence-electron chi connectivity index (χ2n) is 5.01. The monoisotopic (exact) mass is 268 g/mol. The highest BCUT2D eigenvalue weighted by atomic mass is 19.1. The summed E-state index contributed by atoms with van der Waals surface area (Å²) in [6, 6.07) is 1.28. The summed E-state index contributed by atoms with van der Waals surface area (Å²) in [7, 11) is 1.28. The van der Waals surface area contributed by atoms with E-state index in [9.17, 15) is 14.3 Å². The number of methoxy groups -OCH3 is 1. The second-order valence-corrected chi connectivity index (χ2v) is 5.01. The van der Waals surface area contributed by atoms with E-state index in [0.717, 1.165) is 12.8 Å². The Balaban J connectivity index is 2.49. The van der Waals surface area contributed by atoms with Crippen molar-refractivity contribution >= 4 is 5.97 Å². The molecule has 1 aliphatic carbocycles. The first-order valence-electron chi connectivity index (χ1n) is 6.23. The second kappa shape index (κ2) is 5.07. The van der Waals surface area contributed by atoms with Crippen LogP contribution < -0.4 is 4.74 Å². The van der Waals surface area contributed by atoms with Crippen LogP contribution in [-0.4, -0.2) is 23.3 Å². The standard InChI is InChI=1S/C14H17FO4/c1-7-5-10(15)14(19-2)13(18)12(7)9(6-11(16)17)8-3-4-8/h5,8-9,18H,3-4,6H2,1-2H3,(H,16,17). The minimum absolute atomic E-state index is 0.0617. The van der Waals surface area contributed by atoms with Gasteiger partial charge in [0.1, 0.15) is 0 Å². The van der Waals surface area contributed by atoms with E-state index >= 15 is 0 Å². The van der Waals surface area contributed by atoms with Crippen LogP contribution in [-0.2, 0) is 4.79 Å². The highest BCUT2D eigenvalue weighted by Crippen LogP contribution is 2.50. The van der Waals surface area contributed by atoms with Crippen LogP contribution in [0.1, 0.15) is 36.3 Å². The van der Waals surface area contributed by atoms with Gasteiger partial charge in [-0.1, -0.05) is 0 Å². The number of phenols is 1. The molecule has 0 amide bonds. The summed E-state index contributed by atoms with van der Waals surface area (Å²) >= 11 is 0. The molecule has 104 valence electrons. The Hall–Kier alpha value is -1.78. The van der Waals surface area contributed by atoms with Crippen molar-refractivity contribution in [3.63, 3.8) is 0 Å². The lowest BCUT2D eigenvalue weighted by atomic mass is 9.87. The topological polar surface area (TPSA) is 66.8 Å². The normalized spacial score (nSPS) is 16.2. The number of hydrogen-bond donors (Lipinski definition) is 2. The molecular weight excluding hydrogens is 251 g/mol. The maximum Gasteiger partial charge on any atom is 0.303 e. The number of aryl methyl sites for hydroxylation is 1. The number of ether oxygens (including phenoxy) is 1. The summed E-state index contributed by atoms with van der Waals surface area (Å²) in [5, 5.41) is 19.2. The SMILES string of the molecule is COc1c(F)cc(C)c(C(CC(=O)O)C2CC2)c1O. The maximum atomic E-state index is 13.6. The third-order valence-corrected chi connectivity index (χ3v) is 3.62. The van der Waals surface area contributed by atoms with Gasteiger partial charge in [-0.3, -0.25) is 4.79 Å². The Morgan fingerprint density at radius 1 is 1.58 bits per heavy atom. The molecule has 1 aromatic carbocycles. The average Bonchev–Trinajstić information content (AvgIpc) is 3.10. The molecular formula is C14H17FO4. The van der Waals surface area contributed by atoms with Crippen molar-refractivity contribution in [2.45, 2.75) is 32.1 Å². The van der Waals surface area contributed by atoms with Gasteiger partial charge in [0.15, 0.2) is 17.3 Å². The first kappa shape index (κ1) is 13.6. The molecule has 0 aromatic heterocycles. The number of hydrogen-bond acceptors (Lipinski definition) is 3. The van der Waals surface area contributed by atoms with E-state index in [0.29, 0.717) is 11.1 Å². The molecule has 2 N–H and O–H groups in total. The number of carboxylic acid groups (broad SMARTS) is 1. The van der Waals surface area contributed by atoms with Gasteiger partial charge >= 0.3 is 5.97 Å². The van der Waals surface area contributed by atoms with Crippen LogP contribution >= 0.6 is 0 Å². The van der Waals surface area contributed by atoms with Gasteiger partial charge in [0.05, 0.1) is 13.5 Å². The van der Waals surface area contributed by atoms with E-state index in [1.807, 2.05) is 0 Å². The molecule has 4 nitrogen and oxygen atoms in total. The first-order valence-corrected chi connectivity index (χ1v) is 6.23. The molecule has 2 rings (SSSR count). The smallest absolute Gasteiger partial charge is 0.303 e. The lowest BCUT2D eigenvalue weighted by Crippen LogP contribution is -2.11. The van der Waals surface area contributed by atoms with Crippen LogP contribution in [0.15, 0.2) is 6.07 Å². The van der Waals surface area contributed by atoms with Gasteiger partial charge in [-0.25, -0.2) is 4.39 Å². The van der Waals surface area contributed by atoms with E-state index < -0.39 is 11.8 Å². The van der Waals surface area contributed by atoms with Gasteiger partial charge in [0, 0.05) is 11.5 Å². The number of benzene rings is 1. The Kier molecular flexibility index (Phi) is 3.64. The van der Waals surface area contributed by atoms with Crippen molar-refractivity contribution in [2.24, 2.45) is 5.92 Å². The van der Waals surface area contributed by atoms with Gasteiger partial charge in [-0.2, -0.15) is 0 Å². The van der Waals surface area contributed by atoms with Crippen molar-refractivity contribution in [3.05, 3.63) is 23.0 Å². The Bertz CT molecular complexity index is 509. The molecule has 1 saturated carbocycles. The Labute approximate surface area is 110 Å². The van der Waals surface area contributed by atoms with Crippen LogP contribution in [0.4, 0.5) is 4.39 Å². The largest absolute Gasteiger partial charge is 0.504 e. The van der Waals surface area contributed by atoms with Gasteiger partial charge in [-0.05, 0) is 37.3 Å². The summed E-state index contributed by atoms with van der Waals surface area (Å²) in [5.41, 5.74) is 1.07. The summed E-state index contributed by atoms with van der Waals surface area (Å²) < 4.78 is 18.5. The van der Waals surface area contributed by atoms with Crippen LogP contribution in [0.5, 0.6) is 11.5 Å². The number of phenolic OH excluding ortho intramolecular Hbond substituents is 1. The molecule has 19 heavy (non-hydrogen) atoms. The predicted molar refractivity (Wildman–Crippen MR) is 67.1 cm³/mol. The van der Waals surface area contributed by atoms with Crippen LogP contribution in [0, 0.1) is 18.7 Å². The molecule has 0 spiro atoms. The average molecular weight is 268 g/mol. The van der Waals surface area contributed by atoms with Crippen LogP contribution in [0.25, 0.3) is 0 Å². The molecule has 5 heteroatoms. The minimum atomic E-state index is -0.918. The highest BCUT2D eigenvalue weighted by molar-refractivity contribution is 5.69. The van der Waals surface area contributed by atoms with Crippen LogP contribution in [0.3, 0.4) is 0 Å². The van der Waals surface area contributed by atoms with E-state index in [1.54, 1.807) is 6.92 Å². The molecule has 1 unspecified atom stereocenters. The number of carboxylic acids is 1. The number of rotatable bonds is 5. The molecule has 1 atom stereocenters. The van der Waals surface area contributed by atoms with Crippen LogP contribution in [0.2, 0.25) is 0 Å². The van der Waals surface area contributed by atoms with Crippen molar-refractivity contribution in [1.82, 2.24) is 0 Å². The quantitative estimate of drug-likeness (QED) is 0.861. The lowest BCUT2D eigenvalue weighted by Gasteiger charge is -2.20. The molecule has 0 aliphatic heterocycles. The number of carbonyl (C=O) groups is 1. The van der Waals surface area contributed by atoms with E-state index in [1.165, 1.54) is 13.2 Å². The lowest BCUT2D eigenvalue weighted by molar-refractivity contribution is -0.137.